The van der Waals surface area contributed by atoms with Crippen LogP contribution in [0, 0.1) is 0 Å². The van der Waals surface area contributed by atoms with Gasteiger partial charge in [-0.15, -0.1) is 11.3 Å². The first-order chi connectivity index (χ1) is 16.3. The molecular formula is C23H25ClN8S. The summed E-state index contributed by atoms with van der Waals surface area (Å²) in [5, 5.41) is 10.6. The van der Waals surface area contributed by atoms with E-state index in [1.54, 1.807) is 11.3 Å². The third kappa shape index (κ3) is 4.05. The molecule has 2 fully saturated rings. The number of benzene rings is 1. The van der Waals surface area contributed by atoms with E-state index in [4.69, 9.17) is 31.5 Å². The fourth-order valence-corrected chi connectivity index (χ4v) is 5.67. The summed E-state index contributed by atoms with van der Waals surface area (Å²) in [6.07, 6.45) is 2.31. The van der Waals surface area contributed by atoms with Crippen molar-refractivity contribution in [3.8, 4) is 0 Å². The van der Waals surface area contributed by atoms with Crippen molar-refractivity contribution < 1.29 is 0 Å². The van der Waals surface area contributed by atoms with Gasteiger partial charge in [-0.3, -0.25) is 0 Å². The van der Waals surface area contributed by atoms with E-state index < -0.39 is 0 Å². The Hall–Kier alpha value is -2.75. The van der Waals surface area contributed by atoms with Crippen LogP contribution in [0.3, 0.4) is 0 Å². The van der Waals surface area contributed by atoms with Gasteiger partial charge in [-0.1, -0.05) is 29.8 Å². The molecular weight excluding hydrogens is 456 g/mol. The second-order valence-corrected chi connectivity index (χ2v) is 9.69. The van der Waals surface area contributed by atoms with Crippen molar-refractivity contribution in [2.45, 2.75) is 19.4 Å². The first-order valence-corrected chi connectivity index (χ1v) is 12.7. The van der Waals surface area contributed by atoms with Crippen molar-refractivity contribution in [2.24, 2.45) is 0 Å². The zero-order chi connectivity index (χ0) is 22.2. The molecule has 0 amide bonds. The fraction of sp³-hybridized carbons (Fsp3) is 0.391. The Labute approximate surface area is 201 Å². The Balaban J connectivity index is 1.37. The maximum absolute atomic E-state index is 6.60. The van der Waals surface area contributed by atoms with Gasteiger partial charge in [0, 0.05) is 50.5 Å². The van der Waals surface area contributed by atoms with Crippen LogP contribution in [-0.2, 0) is 6.54 Å². The molecule has 0 bridgehead atoms. The standard InChI is InChI=1S/C23H25ClN8S/c24-19-21(26-13-15-14-33-17-6-2-1-5-16(15)17)28-20-18(27-19)22(31-9-3-4-10-31)30-23(29-20)32-11-7-25-8-12-32/h1-2,5-6,14,25H,3-4,7-13H2,(H,26,28,29,30). The van der Waals surface area contributed by atoms with Gasteiger partial charge in [-0.25, -0.2) is 9.97 Å². The van der Waals surface area contributed by atoms with E-state index in [2.05, 4.69) is 50.1 Å². The van der Waals surface area contributed by atoms with Crippen LogP contribution in [0.1, 0.15) is 18.4 Å². The van der Waals surface area contributed by atoms with Crippen molar-refractivity contribution in [1.29, 1.82) is 0 Å². The topological polar surface area (TPSA) is 82.1 Å². The van der Waals surface area contributed by atoms with Crippen LogP contribution in [0.5, 0.6) is 0 Å². The molecule has 2 aliphatic heterocycles. The van der Waals surface area contributed by atoms with Gasteiger partial charge in [0.2, 0.25) is 5.95 Å². The smallest absolute Gasteiger partial charge is 0.229 e. The van der Waals surface area contributed by atoms with Gasteiger partial charge in [0.25, 0.3) is 0 Å². The van der Waals surface area contributed by atoms with E-state index in [0.29, 0.717) is 28.7 Å². The van der Waals surface area contributed by atoms with Crippen LogP contribution in [0.4, 0.5) is 17.6 Å². The number of nitrogens with zero attached hydrogens (tertiary/aromatic N) is 6. The highest BCUT2D eigenvalue weighted by Gasteiger charge is 2.24. The number of thiophene rings is 1. The predicted molar refractivity (Wildman–Crippen MR) is 136 cm³/mol. The van der Waals surface area contributed by atoms with Crippen LogP contribution in [0.15, 0.2) is 29.6 Å². The Morgan fingerprint density at radius 2 is 1.79 bits per heavy atom. The SMILES string of the molecule is Clc1nc2c(N3CCCC3)nc(N3CCNCC3)nc2nc1NCc1csc2ccccc12. The lowest BCUT2D eigenvalue weighted by Gasteiger charge is -2.28. The van der Waals surface area contributed by atoms with Crippen LogP contribution >= 0.6 is 22.9 Å². The first-order valence-electron chi connectivity index (χ1n) is 11.4. The van der Waals surface area contributed by atoms with Crippen LogP contribution in [-0.4, -0.2) is 59.2 Å². The third-order valence-electron chi connectivity index (χ3n) is 6.27. The molecule has 5 heterocycles. The van der Waals surface area contributed by atoms with E-state index in [9.17, 15) is 0 Å². The first kappa shape index (κ1) is 20.8. The molecule has 3 aromatic heterocycles. The van der Waals surface area contributed by atoms with E-state index in [1.807, 2.05) is 0 Å². The fourth-order valence-electron chi connectivity index (χ4n) is 4.52. The van der Waals surface area contributed by atoms with Crippen LogP contribution in [0.2, 0.25) is 5.15 Å². The third-order valence-corrected chi connectivity index (χ3v) is 7.55. The highest BCUT2D eigenvalue weighted by Crippen LogP contribution is 2.31. The zero-order valence-corrected chi connectivity index (χ0v) is 19.8. The van der Waals surface area contributed by atoms with Gasteiger partial charge in [0.1, 0.15) is 0 Å². The van der Waals surface area contributed by atoms with E-state index in [0.717, 1.165) is 63.9 Å². The molecule has 2 aliphatic rings. The molecule has 1 aromatic carbocycles. The van der Waals surface area contributed by atoms with Gasteiger partial charge in [-0.2, -0.15) is 9.97 Å². The Morgan fingerprint density at radius 1 is 0.970 bits per heavy atom. The predicted octanol–water partition coefficient (Wildman–Crippen LogP) is 3.91. The number of rotatable bonds is 5. The summed E-state index contributed by atoms with van der Waals surface area (Å²) in [4.78, 5) is 23.8. The van der Waals surface area contributed by atoms with Gasteiger partial charge in [0.05, 0.1) is 0 Å². The maximum Gasteiger partial charge on any atom is 0.229 e. The minimum Gasteiger partial charge on any atom is -0.363 e. The average molecular weight is 481 g/mol. The Bertz CT molecular complexity index is 1300. The summed E-state index contributed by atoms with van der Waals surface area (Å²) >= 11 is 8.35. The number of halogens is 1. The molecule has 10 heteroatoms. The summed E-state index contributed by atoms with van der Waals surface area (Å²) in [7, 11) is 0. The van der Waals surface area contributed by atoms with Crippen molar-refractivity contribution in [3.05, 3.63) is 40.4 Å². The zero-order valence-electron chi connectivity index (χ0n) is 18.2. The number of piperazine rings is 1. The number of nitrogens with one attached hydrogen (secondary N) is 2. The summed E-state index contributed by atoms with van der Waals surface area (Å²) in [6.45, 7) is 6.17. The normalized spacial score (nSPS) is 16.8. The molecule has 0 atom stereocenters. The van der Waals surface area contributed by atoms with Crippen molar-refractivity contribution in [3.63, 3.8) is 0 Å². The second kappa shape index (κ2) is 8.89. The summed E-state index contributed by atoms with van der Waals surface area (Å²) < 4.78 is 1.27. The highest BCUT2D eigenvalue weighted by atomic mass is 35.5. The molecule has 0 spiro atoms. The summed E-state index contributed by atoms with van der Waals surface area (Å²) in [5.74, 6) is 2.12. The molecule has 8 nitrogen and oxygen atoms in total. The van der Waals surface area contributed by atoms with Crippen LogP contribution in [0.25, 0.3) is 21.3 Å². The van der Waals surface area contributed by atoms with E-state index in [-0.39, 0.29) is 0 Å². The lowest BCUT2D eigenvalue weighted by atomic mass is 10.2. The molecule has 33 heavy (non-hydrogen) atoms. The average Bonchev–Trinajstić information content (AvgIpc) is 3.53. The van der Waals surface area contributed by atoms with Gasteiger partial charge >= 0.3 is 0 Å². The lowest BCUT2D eigenvalue weighted by molar-refractivity contribution is 0.580. The molecule has 0 unspecified atom stereocenters. The minimum atomic E-state index is 0.348. The molecule has 6 rings (SSSR count). The molecule has 170 valence electrons. The number of anilines is 3. The quantitative estimate of drug-likeness (QED) is 0.445. The molecule has 4 aromatic rings. The molecule has 2 N–H and O–H groups in total. The van der Waals surface area contributed by atoms with E-state index in [1.165, 1.54) is 15.6 Å². The molecule has 2 saturated heterocycles. The molecule has 0 aliphatic carbocycles. The lowest BCUT2D eigenvalue weighted by Crippen LogP contribution is -2.44. The number of hydrogen-bond donors (Lipinski definition) is 2. The highest BCUT2D eigenvalue weighted by molar-refractivity contribution is 7.17. The Morgan fingerprint density at radius 3 is 2.64 bits per heavy atom. The molecule has 0 saturated carbocycles. The van der Waals surface area contributed by atoms with Gasteiger partial charge < -0.3 is 20.4 Å². The van der Waals surface area contributed by atoms with Crippen LogP contribution < -0.4 is 20.4 Å². The monoisotopic (exact) mass is 480 g/mol. The van der Waals surface area contributed by atoms with E-state index >= 15 is 0 Å². The summed E-state index contributed by atoms with van der Waals surface area (Å²) in [6, 6.07) is 8.41. The largest absolute Gasteiger partial charge is 0.363 e. The maximum atomic E-state index is 6.60. The van der Waals surface area contributed by atoms with Crippen molar-refractivity contribution in [1.82, 2.24) is 25.3 Å². The van der Waals surface area contributed by atoms with Gasteiger partial charge in [0.15, 0.2) is 28.0 Å². The number of fused-ring (bicyclic) bond motifs is 2. The molecule has 0 radical (unpaired) electrons. The Kier molecular flexibility index (Phi) is 5.61. The number of aromatic nitrogens is 4. The number of hydrogen-bond acceptors (Lipinski definition) is 9. The summed E-state index contributed by atoms with van der Waals surface area (Å²) in [5.41, 5.74) is 2.48. The second-order valence-electron chi connectivity index (χ2n) is 8.42. The van der Waals surface area contributed by atoms with Gasteiger partial charge in [-0.05, 0) is 35.2 Å². The van der Waals surface area contributed by atoms with Crippen molar-refractivity contribution in [2.75, 3.05) is 54.4 Å². The minimum absolute atomic E-state index is 0.348. The van der Waals surface area contributed by atoms with Crippen molar-refractivity contribution >= 4 is 61.8 Å².